The lowest BCUT2D eigenvalue weighted by molar-refractivity contribution is -0.134. The Morgan fingerprint density at radius 3 is 3.19 bits per heavy atom. The summed E-state index contributed by atoms with van der Waals surface area (Å²) in [5.74, 6) is 0.129. The van der Waals surface area contributed by atoms with Gasteiger partial charge in [-0.05, 0) is 22.9 Å². The van der Waals surface area contributed by atoms with E-state index in [9.17, 15) is 4.79 Å². The Labute approximate surface area is 103 Å². The Morgan fingerprint density at radius 1 is 1.75 bits per heavy atom. The molecule has 1 fully saturated rings. The van der Waals surface area contributed by atoms with Crippen LogP contribution < -0.4 is 5.32 Å². The molecule has 0 aromatic carbocycles. The van der Waals surface area contributed by atoms with Crippen molar-refractivity contribution < 1.29 is 4.79 Å². The Hall–Kier alpha value is -0.880. The van der Waals surface area contributed by atoms with E-state index in [1.165, 1.54) is 0 Å². The predicted octanol–water partition coefficient (Wildman–Crippen LogP) is 0.466. The van der Waals surface area contributed by atoms with Gasteiger partial charge in [-0.25, -0.2) is 0 Å². The van der Waals surface area contributed by atoms with Gasteiger partial charge in [0.05, 0.1) is 10.7 Å². The van der Waals surface area contributed by atoms with E-state index in [4.69, 9.17) is 0 Å². The molecule has 1 aromatic rings. The molecule has 0 unspecified atom stereocenters. The third kappa shape index (κ3) is 2.62. The van der Waals surface area contributed by atoms with Crippen molar-refractivity contribution in [3.8, 4) is 0 Å². The number of nitrogens with zero attached hydrogens (tertiary/aromatic N) is 3. The molecular weight excluding hydrogens is 272 g/mol. The Balaban J connectivity index is 1.96. The van der Waals surface area contributed by atoms with E-state index >= 15 is 0 Å². The number of piperazine rings is 1. The van der Waals surface area contributed by atoms with Gasteiger partial charge in [-0.15, -0.1) is 0 Å². The number of amides is 1. The van der Waals surface area contributed by atoms with Gasteiger partial charge in [0, 0.05) is 31.9 Å². The molecule has 0 saturated carbocycles. The van der Waals surface area contributed by atoms with E-state index in [0.717, 1.165) is 24.1 Å². The number of nitrogens with one attached hydrogen (secondary N) is 1. The van der Waals surface area contributed by atoms with Crippen LogP contribution in [0.25, 0.3) is 0 Å². The number of rotatable bonds is 2. The number of carbonyl (C=O) groups is 1. The lowest BCUT2D eigenvalue weighted by atomic mass is 10.2. The van der Waals surface area contributed by atoms with Gasteiger partial charge in [0.15, 0.2) is 0 Å². The van der Waals surface area contributed by atoms with Gasteiger partial charge in [-0.1, -0.05) is 0 Å². The smallest absolute Gasteiger partial charge is 0.244 e. The van der Waals surface area contributed by atoms with Crippen LogP contribution in [0.5, 0.6) is 0 Å². The van der Waals surface area contributed by atoms with E-state index in [1.54, 1.807) is 10.9 Å². The van der Waals surface area contributed by atoms with E-state index in [2.05, 4.69) is 33.3 Å². The van der Waals surface area contributed by atoms with Gasteiger partial charge in [0.25, 0.3) is 0 Å². The van der Waals surface area contributed by atoms with Crippen molar-refractivity contribution in [1.82, 2.24) is 20.0 Å². The molecule has 0 aliphatic carbocycles. The summed E-state index contributed by atoms with van der Waals surface area (Å²) >= 11 is 3.31. The molecule has 0 bridgehead atoms. The highest BCUT2D eigenvalue weighted by Gasteiger charge is 2.22. The van der Waals surface area contributed by atoms with Crippen molar-refractivity contribution >= 4 is 21.8 Å². The second-order valence-electron chi connectivity index (χ2n) is 4.00. The third-order valence-corrected chi connectivity index (χ3v) is 3.13. The molecule has 88 valence electrons. The van der Waals surface area contributed by atoms with Crippen molar-refractivity contribution in [3.05, 3.63) is 16.9 Å². The minimum absolute atomic E-state index is 0.129. The maximum atomic E-state index is 12.0. The highest BCUT2D eigenvalue weighted by atomic mass is 79.9. The van der Waals surface area contributed by atoms with Gasteiger partial charge in [0.1, 0.15) is 6.54 Å². The summed E-state index contributed by atoms with van der Waals surface area (Å²) in [5.41, 5.74) is 0. The molecule has 16 heavy (non-hydrogen) atoms. The molecule has 1 amide bonds. The SMILES string of the molecule is C[C@@H]1CNCCN1C(=O)Cn1cc(Br)cn1. The van der Waals surface area contributed by atoms with Crippen LogP contribution in [-0.4, -0.2) is 46.3 Å². The van der Waals surface area contributed by atoms with Gasteiger partial charge in [-0.3, -0.25) is 9.48 Å². The Morgan fingerprint density at radius 2 is 2.56 bits per heavy atom. The van der Waals surface area contributed by atoms with Crippen molar-refractivity contribution in [1.29, 1.82) is 0 Å². The highest BCUT2D eigenvalue weighted by molar-refractivity contribution is 9.10. The number of halogens is 1. The number of aromatic nitrogens is 2. The van der Waals surface area contributed by atoms with Crippen molar-refractivity contribution in [2.45, 2.75) is 19.5 Å². The Kier molecular flexibility index (Phi) is 3.60. The molecule has 1 N–H and O–H groups in total. The first-order chi connectivity index (χ1) is 7.66. The zero-order valence-electron chi connectivity index (χ0n) is 9.19. The lowest BCUT2D eigenvalue weighted by Gasteiger charge is -2.33. The molecule has 1 aliphatic heterocycles. The predicted molar refractivity (Wildman–Crippen MR) is 64.0 cm³/mol. The summed E-state index contributed by atoms with van der Waals surface area (Å²) in [5, 5.41) is 7.35. The van der Waals surface area contributed by atoms with E-state index in [1.807, 2.05) is 11.1 Å². The van der Waals surface area contributed by atoms with Crippen molar-refractivity contribution in [2.75, 3.05) is 19.6 Å². The molecule has 6 heteroatoms. The maximum absolute atomic E-state index is 12.0. The zero-order valence-corrected chi connectivity index (χ0v) is 10.8. The molecule has 5 nitrogen and oxygen atoms in total. The van der Waals surface area contributed by atoms with Crippen molar-refractivity contribution in [2.24, 2.45) is 0 Å². The van der Waals surface area contributed by atoms with Gasteiger partial charge in [-0.2, -0.15) is 5.10 Å². The number of hydrogen-bond donors (Lipinski definition) is 1. The molecule has 2 heterocycles. The monoisotopic (exact) mass is 286 g/mol. The van der Waals surface area contributed by atoms with Crippen molar-refractivity contribution in [3.63, 3.8) is 0 Å². The largest absolute Gasteiger partial charge is 0.336 e. The molecule has 1 aliphatic rings. The summed E-state index contributed by atoms with van der Waals surface area (Å²) in [6.45, 7) is 4.90. The second kappa shape index (κ2) is 4.97. The normalized spacial score (nSPS) is 21.1. The van der Waals surface area contributed by atoms with E-state index < -0.39 is 0 Å². The quantitative estimate of drug-likeness (QED) is 0.860. The fourth-order valence-corrected chi connectivity index (χ4v) is 2.19. The molecule has 0 radical (unpaired) electrons. The van der Waals surface area contributed by atoms with Crippen LogP contribution in [0.1, 0.15) is 6.92 Å². The van der Waals surface area contributed by atoms with Crippen LogP contribution in [0.15, 0.2) is 16.9 Å². The zero-order chi connectivity index (χ0) is 11.5. The number of hydrogen-bond acceptors (Lipinski definition) is 3. The van der Waals surface area contributed by atoms with Gasteiger partial charge < -0.3 is 10.2 Å². The average molecular weight is 287 g/mol. The summed E-state index contributed by atoms with van der Waals surface area (Å²) in [6.07, 6.45) is 3.50. The second-order valence-corrected chi connectivity index (χ2v) is 4.91. The molecule has 2 rings (SSSR count). The standard InChI is InChI=1S/C10H15BrN4O/c1-8-4-12-2-3-15(8)10(16)7-14-6-9(11)5-13-14/h5-6,8,12H,2-4,7H2,1H3/t8-/m1/s1. The first kappa shape index (κ1) is 11.6. The molecule has 1 aromatic heterocycles. The van der Waals surface area contributed by atoms with Crippen LogP contribution in [0.2, 0.25) is 0 Å². The Bertz CT molecular complexity index is 379. The van der Waals surface area contributed by atoms with Crippen LogP contribution in [-0.2, 0) is 11.3 Å². The topological polar surface area (TPSA) is 50.2 Å². The van der Waals surface area contributed by atoms with E-state index in [-0.39, 0.29) is 11.9 Å². The van der Waals surface area contributed by atoms with Crippen LogP contribution >= 0.6 is 15.9 Å². The summed E-state index contributed by atoms with van der Waals surface area (Å²) in [4.78, 5) is 13.9. The summed E-state index contributed by atoms with van der Waals surface area (Å²) in [7, 11) is 0. The minimum atomic E-state index is 0.129. The van der Waals surface area contributed by atoms with Gasteiger partial charge in [0.2, 0.25) is 5.91 Å². The lowest BCUT2D eigenvalue weighted by Crippen LogP contribution is -2.53. The molecule has 0 spiro atoms. The molecule has 1 saturated heterocycles. The first-order valence-corrected chi connectivity index (χ1v) is 6.14. The maximum Gasteiger partial charge on any atom is 0.244 e. The average Bonchev–Trinajstić information content (AvgIpc) is 2.64. The number of carbonyl (C=O) groups excluding carboxylic acids is 1. The fraction of sp³-hybridized carbons (Fsp3) is 0.600. The molecular formula is C10H15BrN4O. The van der Waals surface area contributed by atoms with Gasteiger partial charge >= 0.3 is 0 Å². The van der Waals surface area contributed by atoms with E-state index in [0.29, 0.717) is 6.54 Å². The minimum Gasteiger partial charge on any atom is -0.336 e. The van der Waals surface area contributed by atoms with Crippen LogP contribution in [0.4, 0.5) is 0 Å². The third-order valence-electron chi connectivity index (χ3n) is 2.72. The first-order valence-electron chi connectivity index (χ1n) is 5.35. The fourth-order valence-electron chi connectivity index (χ4n) is 1.87. The summed E-state index contributed by atoms with van der Waals surface area (Å²) in [6, 6.07) is 0.264. The summed E-state index contributed by atoms with van der Waals surface area (Å²) < 4.78 is 2.55. The van der Waals surface area contributed by atoms with Crippen LogP contribution in [0, 0.1) is 0 Å². The van der Waals surface area contributed by atoms with Crippen LogP contribution in [0.3, 0.4) is 0 Å². The highest BCUT2D eigenvalue weighted by Crippen LogP contribution is 2.08. The molecule has 1 atom stereocenters.